The largest absolute Gasteiger partial charge is 0.354 e. The molecule has 4 nitrogen and oxygen atoms in total. The van der Waals surface area contributed by atoms with Crippen LogP contribution in [0.2, 0.25) is 0 Å². The molecule has 1 amide bonds. The van der Waals surface area contributed by atoms with E-state index in [4.69, 9.17) is 0 Å². The predicted molar refractivity (Wildman–Crippen MR) is 137 cm³/mol. The number of hydrogen-bond acceptors (Lipinski definition) is 3. The van der Waals surface area contributed by atoms with E-state index in [1.54, 1.807) is 6.07 Å². The summed E-state index contributed by atoms with van der Waals surface area (Å²) in [4.78, 5) is 15.5. The van der Waals surface area contributed by atoms with Crippen molar-refractivity contribution in [1.29, 1.82) is 0 Å². The van der Waals surface area contributed by atoms with Crippen LogP contribution in [0, 0.1) is 5.82 Å². The number of piperidine rings is 1. The van der Waals surface area contributed by atoms with Gasteiger partial charge in [-0.1, -0.05) is 48.9 Å². The van der Waals surface area contributed by atoms with Crippen LogP contribution in [0.25, 0.3) is 11.3 Å². The molecular weight excluding hydrogens is 425 g/mol. The van der Waals surface area contributed by atoms with Crippen LogP contribution in [0.4, 0.5) is 15.8 Å². The van der Waals surface area contributed by atoms with Gasteiger partial charge < -0.3 is 10.6 Å². The summed E-state index contributed by atoms with van der Waals surface area (Å²) in [5, 5.41) is 6.29. The van der Waals surface area contributed by atoms with Crippen LogP contribution >= 0.6 is 0 Å². The lowest BCUT2D eigenvalue weighted by Crippen LogP contribution is -2.42. The number of carbonyl (C=O) groups is 1. The third kappa shape index (κ3) is 4.48. The summed E-state index contributed by atoms with van der Waals surface area (Å²) in [6.45, 7) is 5.58. The van der Waals surface area contributed by atoms with Gasteiger partial charge in [0.25, 0.3) is 5.91 Å². The lowest BCUT2D eigenvalue weighted by molar-refractivity contribution is -0.110. The van der Waals surface area contributed by atoms with E-state index >= 15 is 0 Å². The number of rotatable bonds is 5. The molecule has 2 aliphatic rings. The molecule has 0 spiro atoms. The van der Waals surface area contributed by atoms with Crippen molar-refractivity contribution in [3.8, 4) is 0 Å². The Kier molecular flexibility index (Phi) is 6.20. The van der Waals surface area contributed by atoms with Crippen LogP contribution in [0.1, 0.15) is 49.8 Å². The topological polar surface area (TPSA) is 44.4 Å². The number of fused-ring (bicyclic) bond motifs is 1. The Morgan fingerprint density at radius 2 is 1.71 bits per heavy atom. The minimum Gasteiger partial charge on any atom is -0.354 e. The van der Waals surface area contributed by atoms with Crippen LogP contribution in [0.5, 0.6) is 0 Å². The van der Waals surface area contributed by atoms with Crippen molar-refractivity contribution >= 4 is 28.6 Å². The molecule has 0 saturated carbocycles. The van der Waals surface area contributed by atoms with Gasteiger partial charge in [-0.25, -0.2) is 4.39 Å². The number of halogens is 1. The maximum absolute atomic E-state index is 13.8. The van der Waals surface area contributed by atoms with Crippen LogP contribution in [0.15, 0.2) is 72.8 Å². The molecule has 0 radical (unpaired) electrons. The summed E-state index contributed by atoms with van der Waals surface area (Å²) < 4.78 is 13.8. The standard InChI is InChI=1S/C29H30FN3O/c1-19-7-6-8-20(2)33(19)18-21-11-14-24(15-12-21)31-28(22-9-4-3-5-10-22)27-25-16-13-23(30)17-26(25)32-29(27)34/h3-5,9-17,19-20,31H,6-8,18H2,1-2H3,(H,32,34)/b28-27-. The Bertz CT molecular complexity index is 1210. The highest BCUT2D eigenvalue weighted by Gasteiger charge is 2.29. The second kappa shape index (κ2) is 9.43. The third-order valence-corrected chi connectivity index (χ3v) is 7.00. The molecule has 2 N–H and O–H groups in total. The fourth-order valence-corrected chi connectivity index (χ4v) is 5.11. The highest BCUT2D eigenvalue weighted by Crippen LogP contribution is 2.38. The molecule has 0 aliphatic carbocycles. The summed E-state index contributed by atoms with van der Waals surface area (Å²) in [5.74, 6) is -0.612. The van der Waals surface area contributed by atoms with Crippen molar-refractivity contribution < 1.29 is 9.18 Å². The molecule has 2 heterocycles. The maximum atomic E-state index is 13.8. The van der Waals surface area contributed by atoms with Gasteiger partial charge in [-0.15, -0.1) is 0 Å². The van der Waals surface area contributed by atoms with Gasteiger partial charge >= 0.3 is 0 Å². The summed E-state index contributed by atoms with van der Waals surface area (Å²) in [6.07, 6.45) is 3.82. The molecule has 3 aromatic rings. The molecule has 34 heavy (non-hydrogen) atoms. The van der Waals surface area contributed by atoms with E-state index in [-0.39, 0.29) is 11.7 Å². The van der Waals surface area contributed by atoms with E-state index in [1.807, 2.05) is 30.3 Å². The highest BCUT2D eigenvalue weighted by atomic mass is 19.1. The van der Waals surface area contributed by atoms with Crippen LogP contribution in [0.3, 0.4) is 0 Å². The van der Waals surface area contributed by atoms with Gasteiger partial charge in [-0.05, 0) is 68.1 Å². The molecule has 0 bridgehead atoms. The van der Waals surface area contributed by atoms with Crippen molar-refractivity contribution in [2.24, 2.45) is 0 Å². The molecule has 174 valence electrons. The summed E-state index contributed by atoms with van der Waals surface area (Å²) in [5.41, 5.74) is 5.48. The number of likely N-dealkylation sites (tertiary alicyclic amines) is 1. The fraction of sp³-hybridized carbons (Fsp3) is 0.276. The third-order valence-electron chi connectivity index (χ3n) is 7.00. The number of amides is 1. The minimum atomic E-state index is -0.373. The second-order valence-corrected chi connectivity index (χ2v) is 9.38. The second-order valence-electron chi connectivity index (χ2n) is 9.38. The van der Waals surface area contributed by atoms with Crippen LogP contribution in [-0.4, -0.2) is 22.9 Å². The van der Waals surface area contributed by atoms with Crippen molar-refractivity contribution in [3.63, 3.8) is 0 Å². The average Bonchev–Trinajstić information content (AvgIpc) is 3.16. The number of hydrogen-bond donors (Lipinski definition) is 2. The summed E-state index contributed by atoms with van der Waals surface area (Å²) in [6, 6.07) is 23.8. The maximum Gasteiger partial charge on any atom is 0.258 e. The molecule has 1 saturated heterocycles. The lowest BCUT2D eigenvalue weighted by Gasteiger charge is -2.39. The zero-order valence-corrected chi connectivity index (χ0v) is 19.6. The Balaban J connectivity index is 1.46. The molecule has 3 aromatic carbocycles. The fourth-order valence-electron chi connectivity index (χ4n) is 5.11. The molecule has 5 rings (SSSR count). The average molecular weight is 456 g/mol. The quantitative estimate of drug-likeness (QED) is 0.431. The first-order chi connectivity index (χ1) is 16.5. The first kappa shape index (κ1) is 22.4. The van der Waals surface area contributed by atoms with Gasteiger partial charge in [0.15, 0.2) is 0 Å². The molecule has 0 aromatic heterocycles. The van der Waals surface area contributed by atoms with Crippen molar-refractivity contribution in [1.82, 2.24) is 4.90 Å². The van der Waals surface area contributed by atoms with Gasteiger partial charge in [0.1, 0.15) is 5.82 Å². The predicted octanol–water partition coefficient (Wildman–Crippen LogP) is 6.52. The minimum absolute atomic E-state index is 0.239. The van der Waals surface area contributed by atoms with Gasteiger partial charge in [-0.3, -0.25) is 9.69 Å². The lowest BCUT2D eigenvalue weighted by atomic mass is 9.96. The Labute approximate surface area is 200 Å². The molecular formula is C29H30FN3O. The highest BCUT2D eigenvalue weighted by molar-refractivity contribution is 6.37. The molecule has 1 fully saturated rings. The van der Waals surface area contributed by atoms with Crippen molar-refractivity contribution in [3.05, 3.63) is 95.3 Å². The van der Waals surface area contributed by atoms with Gasteiger partial charge in [0.2, 0.25) is 0 Å². The van der Waals surface area contributed by atoms with E-state index in [0.29, 0.717) is 34.6 Å². The number of anilines is 2. The van der Waals surface area contributed by atoms with E-state index in [2.05, 4.69) is 53.6 Å². The summed E-state index contributed by atoms with van der Waals surface area (Å²) in [7, 11) is 0. The summed E-state index contributed by atoms with van der Waals surface area (Å²) >= 11 is 0. The zero-order chi connectivity index (χ0) is 23.7. The van der Waals surface area contributed by atoms with E-state index < -0.39 is 0 Å². The number of nitrogens with one attached hydrogen (secondary N) is 2. The van der Waals surface area contributed by atoms with Crippen LogP contribution < -0.4 is 10.6 Å². The first-order valence-electron chi connectivity index (χ1n) is 12.0. The van der Waals surface area contributed by atoms with Gasteiger partial charge in [0.05, 0.1) is 17.0 Å². The molecule has 2 aliphatic heterocycles. The Morgan fingerprint density at radius 3 is 2.41 bits per heavy atom. The van der Waals surface area contributed by atoms with E-state index in [1.165, 1.54) is 37.0 Å². The number of carbonyl (C=O) groups excluding carboxylic acids is 1. The van der Waals surface area contributed by atoms with Crippen LogP contribution in [-0.2, 0) is 11.3 Å². The van der Waals surface area contributed by atoms with Crippen molar-refractivity contribution in [2.75, 3.05) is 10.6 Å². The molecule has 2 unspecified atom stereocenters. The normalized spacial score (nSPS) is 21.7. The zero-order valence-electron chi connectivity index (χ0n) is 19.6. The van der Waals surface area contributed by atoms with Gasteiger partial charge in [-0.2, -0.15) is 0 Å². The first-order valence-corrected chi connectivity index (χ1v) is 12.0. The van der Waals surface area contributed by atoms with Crippen molar-refractivity contribution in [2.45, 2.75) is 51.7 Å². The SMILES string of the molecule is CC1CCCC(C)N1Cc1ccc(N/C(=C2\C(=O)Nc3cc(F)ccc32)c2ccccc2)cc1. The number of nitrogens with zero attached hydrogens (tertiary/aromatic N) is 1. The Hall–Kier alpha value is -3.44. The van der Waals surface area contributed by atoms with E-state index in [9.17, 15) is 9.18 Å². The number of benzene rings is 3. The Morgan fingerprint density at radius 1 is 1.00 bits per heavy atom. The molecule has 2 atom stereocenters. The monoisotopic (exact) mass is 455 g/mol. The smallest absolute Gasteiger partial charge is 0.258 e. The molecule has 5 heteroatoms. The van der Waals surface area contributed by atoms with E-state index in [0.717, 1.165) is 17.8 Å². The van der Waals surface area contributed by atoms with Gasteiger partial charge in [0, 0.05) is 29.9 Å².